The van der Waals surface area contributed by atoms with Crippen LogP contribution in [0, 0.1) is 0 Å². The van der Waals surface area contributed by atoms with Gasteiger partial charge in [0.2, 0.25) is 0 Å². The lowest BCUT2D eigenvalue weighted by molar-refractivity contribution is 0.196. The minimum atomic E-state index is -0.301. The number of aliphatic hydroxyl groups is 1. The van der Waals surface area contributed by atoms with E-state index >= 15 is 0 Å². The number of aliphatic hydroxyl groups excluding tert-OH is 1. The molecule has 0 spiro atoms. The van der Waals surface area contributed by atoms with Crippen LogP contribution in [0.25, 0.3) is 0 Å². The van der Waals surface area contributed by atoms with Crippen LogP contribution in [-0.2, 0) is 0 Å². The summed E-state index contributed by atoms with van der Waals surface area (Å²) in [6, 6.07) is 4.00. The lowest BCUT2D eigenvalue weighted by Crippen LogP contribution is -2.14. The molecule has 1 heterocycles. The van der Waals surface area contributed by atoms with Gasteiger partial charge in [-0.05, 0) is 25.5 Å². The summed E-state index contributed by atoms with van der Waals surface area (Å²) in [5.41, 5.74) is 0. The van der Waals surface area contributed by atoms with E-state index in [0.29, 0.717) is 0 Å². The molecule has 90 valence electrons. The summed E-state index contributed by atoms with van der Waals surface area (Å²) in [7, 11) is 0. The quantitative estimate of drug-likeness (QED) is 0.751. The van der Waals surface area contributed by atoms with Crippen LogP contribution in [0.15, 0.2) is 23.2 Å². The first-order chi connectivity index (χ1) is 7.63. The molecule has 2 N–H and O–H groups in total. The van der Waals surface area contributed by atoms with Gasteiger partial charge >= 0.3 is 0 Å². The highest BCUT2D eigenvalue weighted by Gasteiger charge is 2.10. The highest BCUT2D eigenvalue weighted by atomic mass is 32.2. The Morgan fingerprint density at radius 2 is 2.25 bits per heavy atom. The third kappa shape index (κ3) is 4.41. The van der Waals surface area contributed by atoms with Crippen molar-refractivity contribution in [3.63, 3.8) is 0 Å². The predicted octanol–water partition coefficient (Wildman–Crippen LogP) is 2.76. The molecule has 0 aliphatic rings. The third-order valence-corrected chi connectivity index (χ3v) is 3.58. The first-order valence-corrected chi connectivity index (χ1v) is 6.56. The van der Waals surface area contributed by atoms with Crippen LogP contribution in [-0.4, -0.2) is 28.0 Å². The molecule has 2 atom stereocenters. The number of nitrogens with one attached hydrogen (secondary N) is 1. The molecule has 16 heavy (non-hydrogen) atoms. The van der Waals surface area contributed by atoms with Crippen molar-refractivity contribution in [2.75, 3.05) is 11.9 Å². The van der Waals surface area contributed by atoms with Crippen molar-refractivity contribution in [1.29, 1.82) is 0 Å². The zero-order valence-corrected chi connectivity index (χ0v) is 10.9. The van der Waals surface area contributed by atoms with Crippen LogP contribution in [0.3, 0.4) is 0 Å². The average Bonchev–Trinajstić information content (AvgIpc) is 2.26. The highest BCUT2D eigenvalue weighted by Crippen LogP contribution is 2.26. The predicted molar refractivity (Wildman–Crippen MR) is 70.0 cm³/mol. The summed E-state index contributed by atoms with van der Waals surface area (Å²) in [6.45, 7) is 6.90. The molecule has 0 fully saturated rings. The minimum absolute atomic E-state index is 0.196. The largest absolute Gasteiger partial charge is 0.392 e. The Hall–Kier alpha value is -0.740. The number of thioether (sulfide) groups is 1. The fourth-order valence-electron chi connectivity index (χ4n) is 1.15. The summed E-state index contributed by atoms with van der Waals surface area (Å²) >= 11 is 1.67. The van der Waals surface area contributed by atoms with E-state index in [4.69, 9.17) is 0 Å². The van der Waals surface area contributed by atoms with Gasteiger partial charge in [0.05, 0.1) is 6.10 Å². The molecule has 0 aliphatic carbocycles. The van der Waals surface area contributed by atoms with Crippen molar-refractivity contribution in [2.24, 2.45) is 0 Å². The number of anilines is 1. The van der Waals surface area contributed by atoms with Crippen LogP contribution in [0.1, 0.15) is 27.2 Å². The Morgan fingerprint density at radius 3 is 2.88 bits per heavy atom. The zero-order valence-electron chi connectivity index (χ0n) is 10.1. The average molecular weight is 240 g/mol. The molecule has 0 bridgehead atoms. The number of rotatable bonds is 6. The molecule has 0 aliphatic heterocycles. The second-order valence-corrected chi connectivity index (χ2v) is 5.32. The minimum Gasteiger partial charge on any atom is -0.392 e. The van der Waals surface area contributed by atoms with Gasteiger partial charge in [-0.1, -0.05) is 13.8 Å². The molecule has 0 saturated carbocycles. The van der Waals surface area contributed by atoms with E-state index in [2.05, 4.69) is 17.2 Å². The molecular weight excluding hydrogens is 220 g/mol. The third-order valence-electron chi connectivity index (χ3n) is 2.29. The molecule has 4 heteroatoms. The van der Waals surface area contributed by atoms with Gasteiger partial charge in [-0.3, -0.25) is 0 Å². The fraction of sp³-hybridized carbons (Fsp3) is 0.583. The smallest absolute Gasteiger partial charge is 0.126 e. The molecule has 0 saturated heterocycles. The van der Waals surface area contributed by atoms with Crippen molar-refractivity contribution in [3.05, 3.63) is 18.3 Å². The van der Waals surface area contributed by atoms with Crippen molar-refractivity contribution in [1.82, 2.24) is 4.98 Å². The monoisotopic (exact) mass is 240 g/mol. The Morgan fingerprint density at radius 1 is 1.50 bits per heavy atom. The Labute approximate surface area is 102 Å². The molecule has 0 amide bonds. The topological polar surface area (TPSA) is 45.1 Å². The van der Waals surface area contributed by atoms with Gasteiger partial charge in [0.1, 0.15) is 5.82 Å². The Balaban J connectivity index is 2.59. The summed E-state index contributed by atoms with van der Waals surface area (Å²) in [6.07, 6.45) is 2.59. The normalized spacial score (nSPS) is 14.5. The maximum atomic E-state index is 9.44. The lowest BCUT2D eigenvalue weighted by atomic mass is 10.3. The summed E-state index contributed by atoms with van der Waals surface area (Å²) < 4.78 is 0. The van der Waals surface area contributed by atoms with Crippen molar-refractivity contribution < 1.29 is 5.11 Å². The van der Waals surface area contributed by atoms with Gasteiger partial charge in [0.15, 0.2) is 0 Å². The molecule has 1 aromatic heterocycles. The van der Waals surface area contributed by atoms with Gasteiger partial charge in [0.25, 0.3) is 0 Å². The number of hydrogen-bond donors (Lipinski definition) is 2. The Bertz CT molecular complexity index is 318. The summed E-state index contributed by atoms with van der Waals surface area (Å²) in [4.78, 5) is 5.38. The number of nitrogens with zero attached hydrogens (tertiary/aromatic N) is 1. The van der Waals surface area contributed by atoms with Crippen molar-refractivity contribution in [2.45, 2.75) is 43.4 Å². The van der Waals surface area contributed by atoms with E-state index in [1.165, 1.54) is 0 Å². The summed E-state index contributed by atoms with van der Waals surface area (Å²) in [5.74, 6) is 0.907. The van der Waals surface area contributed by atoms with Crippen LogP contribution in [0.4, 0.5) is 5.82 Å². The van der Waals surface area contributed by atoms with Crippen LogP contribution in [0.2, 0.25) is 0 Å². The maximum absolute atomic E-state index is 9.44. The summed E-state index contributed by atoms with van der Waals surface area (Å²) in [5, 5.41) is 12.9. The lowest BCUT2D eigenvalue weighted by Gasteiger charge is -2.14. The van der Waals surface area contributed by atoms with E-state index < -0.39 is 0 Å². The van der Waals surface area contributed by atoms with Gasteiger partial charge in [-0.15, -0.1) is 11.8 Å². The molecule has 0 aromatic carbocycles. The fourth-order valence-corrected chi connectivity index (χ4v) is 2.09. The molecule has 3 nitrogen and oxygen atoms in total. The Kier molecular flexibility index (Phi) is 5.63. The first-order valence-electron chi connectivity index (χ1n) is 5.68. The van der Waals surface area contributed by atoms with Crippen molar-refractivity contribution >= 4 is 17.6 Å². The maximum Gasteiger partial charge on any atom is 0.126 e. The first kappa shape index (κ1) is 13.3. The van der Waals surface area contributed by atoms with E-state index in [0.717, 1.165) is 23.7 Å². The van der Waals surface area contributed by atoms with Gasteiger partial charge in [-0.2, -0.15) is 0 Å². The highest BCUT2D eigenvalue weighted by molar-refractivity contribution is 8.00. The van der Waals surface area contributed by atoms with E-state index in [1.807, 2.05) is 26.0 Å². The second-order valence-electron chi connectivity index (χ2n) is 3.87. The molecule has 2 unspecified atom stereocenters. The van der Waals surface area contributed by atoms with Gasteiger partial charge in [0, 0.05) is 22.9 Å². The van der Waals surface area contributed by atoms with Crippen molar-refractivity contribution in [3.8, 4) is 0 Å². The number of hydrogen-bond acceptors (Lipinski definition) is 4. The van der Waals surface area contributed by atoms with E-state index in [1.54, 1.807) is 18.0 Å². The molecule has 0 radical (unpaired) electrons. The van der Waals surface area contributed by atoms with Gasteiger partial charge in [-0.25, -0.2) is 4.98 Å². The van der Waals surface area contributed by atoms with Gasteiger partial charge < -0.3 is 10.4 Å². The molecule has 1 aromatic rings. The number of pyridine rings is 1. The molecular formula is C12H20N2OS. The van der Waals surface area contributed by atoms with Crippen LogP contribution < -0.4 is 5.32 Å². The molecule has 1 rings (SSSR count). The standard InChI is InChI=1S/C12H20N2OS/c1-4-6-13-12-8-11(5-7-14-12)16-10(3)9(2)15/h5,7-10,15H,4,6H2,1-3H3,(H,13,14). The van der Waals surface area contributed by atoms with E-state index in [-0.39, 0.29) is 11.4 Å². The van der Waals surface area contributed by atoms with E-state index in [9.17, 15) is 5.11 Å². The SMILES string of the molecule is CCCNc1cc(SC(C)C(C)O)ccn1. The number of aromatic nitrogens is 1. The van der Waals surface area contributed by atoms with Crippen LogP contribution in [0.5, 0.6) is 0 Å². The second kappa shape index (κ2) is 6.76. The zero-order chi connectivity index (χ0) is 12.0. The van der Waals surface area contributed by atoms with Crippen LogP contribution >= 0.6 is 11.8 Å².